The summed E-state index contributed by atoms with van der Waals surface area (Å²) >= 11 is 0. The molecule has 150 valence electrons. The molecule has 1 aromatic carbocycles. The maximum absolute atomic E-state index is 12.9. The molecule has 8 heteroatoms. The van der Waals surface area contributed by atoms with Gasteiger partial charge in [0.1, 0.15) is 0 Å². The predicted octanol–water partition coefficient (Wildman–Crippen LogP) is 3.87. The summed E-state index contributed by atoms with van der Waals surface area (Å²) < 4.78 is 45.1. The van der Waals surface area contributed by atoms with E-state index < -0.39 is 23.6 Å². The summed E-state index contributed by atoms with van der Waals surface area (Å²) in [5.41, 5.74) is 6.97. The minimum absolute atomic E-state index is 0.0446. The van der Waals surface area contributed by atoms with Crippen LogP contribution in [0.25, 0.3) is 11.1 Å². The number of carbonyl (C=O) groups is 2. The van der Waals surface area contributed by atoms with Crippen molar-refractivity contribution in [1.29, 1.82) is 0 Å². The second kappa shape index (κ2) is 8.33. The minimum atomic E-state index is -4.47. The molecule has 0 aliphatic carbocycles. The molecule has 0 radical (unpaired) electrons. The third kappa shape index (κ3) is 4.27. The Kier molecular flexibility index (Phi) is 6.33. The highest BCUT2D eigenvalue weighted by molar-refractivity contribution is 6.02. The molecule has 0 saturated carbocycles. The summed E-state index contributed by atoms with van der Waals surface area (Å²) in [5, 5.41) is 0. The fourth-order valence-corrected chi connectivity index (χ4v) is 3.19. The molecule has 2 aromatic rings. The minimum Gasteiger partial charge on any atom is -0.469 e. The number of rotatable bonds is 7. The Morgan fingerprint density at radius 3 is 2.32 bits per heavy atom. The number of allylic oxidation sites excluding steroid dienone is 1. The second-order valence-electron chi connectivity index (χ2n) is 6.20. The number of halogens is 3. The first kappa shape index (κ1) is 21.3. The van der Waals surface area contributed by atoms with Crippen molar-refractivity contribution in [3.8, 4) is 11.1 Å². The molecule has 0 saturated heterocycles. The van der Waals surface area contributed by atoms with Crippen molar-refractivity contribution in [2.45, 2.75) is 32.5 Å². The number of primary amides is 1. The zero-order chi connectivity index (χ0) is 21.1. The number of hydrogen-bond donors (Lipinski definition) is 1. The summed E-state index contributed by atoms with van der Waals surface area (Å²) in [6.45, 7) is 5.73. The molecule has 0 spiro atoms. The quantitative estimate of drug-likeness (QED) is 0.572. The van der Waals surface area contributed by atoms with Crippen LogP contribution in [0.1, 0.15) is 33.7 Å². The van der Waals surface area contributed by atoms with Crippen molar-refractivity contribution in [1.82, 2.24) is 4.57 Å². The first-order chi connectivity index (χ1) is 13.1. The predicted molar refractivity (Wildman–Crippen MR) is 98.7 cm³/mol. The lowest BCUT2D eigenvalue weighted by molar-refractivity contribution is -0.140. The zero-order valence-electron chi connectivity index (χ0n) is 15.6. The highest BCUT2D eigenvalue weighted by atomic mass is 19.4. The molecule has 2 N–H and O–H groups in total. The molecule has 28 heavy (non-hydrogen) atoms. The van der Waals surface area contributed by atoms with Crippen molar-refractivity contribution in [2.75, 3.05) is 7.11 Å². The number of alkyl halides is 3. The molecule has 0 atom stereocenters. The van der Waals surface area contributed by atoms with Crippen LogP contribution in [0.4, 0.5) is 13.2 Å². The molecule has 2 rings (SSSR count). The maximum Gasteiger partial charge on any atom is 0.416 e. The number of nitrogens with two attached hydrogens (primary N) is 1. The van der Waals surface area contributed by atoms with Crippen molar-refractivity contribution < 1.29 is 27.5 Å². The normalized spacial score (nSPS) is 11.3. The summed E-state index contributed by atoms with van der Waals surface area (Å²) in [7, 11) is 1.27. The summed E-state index contributed by atoms with van der Waals surface area (Å²) in [6.07, 6.45) is -2.58. The van der Waals surface area contributed by atoms with Gasteiger partial charge in [0.15, 0.2) is 0 Å². The Morgan fingerprint density at radius 1 is 1.25 bits per heavy atom. The lowest BCUT2D eigenvalue weighted by Crippen LogP contribution is -2.13. The van der Waals surface area contributed by atoms with E-state index in [1.165, 1.54) is 19.2 Å². The van der Waals surface area contributed by atoms with Crippen LogP contribution in [0.15, 0.2) is 36.9 Å². The topological polar surface area (TPSA) is 74.3 Å². The molecule has 0 unspecified atom stereocenters. The van der Waals surface area contributed by atoms with E-state index in [1.54, 1.807) is 17.6 Å². The van der Waals surface area contributed by atoms with Gasteiger partial charge in [-0.25, -0.2) is 0 Å². The van der Waals surface area contributed by atoms with Gasteiger partial charge >= 0.3 is 12.1 Å². The molecule has 5 nitrogen and oxygen atoms in total. The Bertz CT molecular complexity index is 897. The number of amides is 1. The highest BCUT2D eigenvalue weighted by Gasteiger charge is 2.31. The second-order valence-corrected chi connectivity index (χ2v) is 6.20. The number of ether oxygens (including phenoxy) is 1. The Labute approximate surface area is 160 Å². The van der Waals surface area contributed by atoms with Crippen molar-refractivity contribution in [2.24, 2.45) is 5.73 Å². The lowest BCUT2D eigenvalue weighted by atomic mass is 9.97. The van der Waals surface area contributed by atoms with Gasteiger partial charge in [0.05, 0.1) is 24.7 Å². The molecular weight excluding hydrogens is 373 g/mol. The number of methoxy groups -OCH3 is 1. The standard InChI is InChI=1S/C20H21F3N2O3/c1-4-11-25-12(2)17(19(24)27)18(15(25)9-10-16(26)28-3)13-5-7-14(8-6-13)20(21,22)23/h4-8H,1,9-11H2,2-3H3,(H2,24,27). The van der Waals surface area contributed by atoms with Gasteiger partial charge in [0.2, 0.25) is 0 Å². The SMILES string of the molecule is C=CCn1c(C)c(C(N)=O)c(-c2ccc(C(F)(F)F)cc2)c1CCC(=O)OC. The van der Waals surface area contributed by atoms with Crippen molar-refractivity contribution >= 4 is 11.9 Å². The first-order valence-electron chi connectivity index (χ1n) is 8.48. The van der Waals surface area contributed by atoms with Crippen LogP contribution in [-0.4, -0.2) is 23.6 Å². The van der Waals surface area contributed by atoms with Gasteiger partial charge in [0, 0.05) is 23.5 Å². The average Bonchev–Trinajstić information content (AvgIpc) is 2.91. The molecule has 0 aliphatic rings. The van der Waals surface area contributed by atoms with E-state index in [4.69, 9.17) is 5.73 Å². The summed E-state index contributed by atoms with van der Waals surface area (Å²) in [6, 6.07) is 4.49. The molecule has 0 fully saturated rings. The van der Waals surface area contributed by atoms with Gasteiger partial charge in [-0.05, 0) is 31.0 Å². The van der Waals surface area contributed by atoms with Crippen LogP contribution >= 0.6 is 0 Å². The number of hydrogen-bond acceptors (Lipinski definition) is 3. The van der Waals surface area contributed by atoms with E-state index in [0.717, 1.165) is 12.1 Å². The van der Waals surface area contributed by atoms with Gasteiger partial charge < -0.3 is 15.0 Å². The molecule has 1 heterocycles. The third-order valence-electron chi connectivity index (χ3n) is 4.48. The van der Waals surface area contributed by atoms with E-state index in [9.17, 15) is 22.8 Å². The van der Waals surface area contributed by atoms with Crippen molar-refractivity contribution in [3.63, 3.8) is 0 Å². The van der Waals surface area contributed by atoms with Crippen LogP contribution in [0.5, 0.6) is 0 Å². The van der Waals surface area contributed by atoms with E-state index >= 15 is 0 Å². The zero-order valence-corrected chi connectivity index (χ0v) is 15.6. The largest absolute Gasteiger partial charge is 0.469 e. The molecule has 0 bridgehead atoms. The Balaban J connectivity index is 2.68. The fraction of sp³-hybridized carbons (Fsp3) is 0.300. The van der Waals surface area contributed by atoms with Gasteiger partial charge in [0.25, 0.3) is 5.91 Å². The third-order valence-corrected chi connectivity index (χ3v) is 4.48. The Hall–Kier alpha value is -3.03. The van der Waals surface area contributed by atoms with Gasteiger partial charge in [-0.15, -0.1) is 6.58 Å². The number of carbonyl (C=O) groups excluding carboxylic acids is 2. The number of benzene rings is 1. The first-order valence-corrected chi connectivity index (χ1v) is 8.48. The lowest BCUT2D eigenvalue weighted by Gasteiger charge is -2.12. The van der Waals surface area contributed by atoms with E-state index in [1.807, 2.05) is 0 Å². The van der Waals surface area contributed by atoms with Crippen LogP contribution in [0.3, 0.4) is 0 Å². The van der Waals surface area contributed by atoms with Gasteiger partial charge in [-0.1, -0.05) is 18.2 Å². The molecule has 1 aromatic heterocycles. The molecule has 1 amide bonds. The number of aromatic nitrogens is 1. The van der Waals surface area contributed by atoms with E-state index in [2.05, 4.69) is 11.3 Å². The van der Waals surface area contributed by atoms with Gasteiger partial charge in [-0.3, -0.25) is 9.59 Å². The van der Waals surface area contributed by atoms with Gasteiger partial charge in [-0.2, -0.15) is 13.2 Å². The van der Waals surface area contributed by atoms with Crippen LogP contribution in [0.2, 0.25) is 0 Å². The van der Waals surface area contributed by atoms with Crippen LogP contribution in [0, 0.1) is 6.92 Å². The highest BCUT2D eigenvalue weighted by Crippen LogP contribution is 2.36. The average molecular weight is 394 g/mol. The Morgan fingerprint density at radius 2 is 1.86 bits per heavy atom. The van der Waals surface area contributed by atoms with E-state index in [-0.39, 0.29) is 18.4 Å². The molecular formula is C20H21F3N2O3. The maximum atomic E-state index is 12.9. The summed E-state index contributed by atoms with van der Waals surface area (Å²) in [4.78, 5) is 23.7. The van der Waals surface area contributed by atoms with Crippen LogP contribution in [-0.2, 0) is 28.7 Å². The number of nitrogens with zero attached hydrogens (tertiary/aromatic N) is 1. The summed E-state index contributed by atoms with van der Waals surface area (Å²) in [5.74, 6) is -1.14. The monoisotopic (exact) mass is 394 g/mol. The number of esters is 1. The molecule has 0 aliphatic heterocycles. The van der Waals surface area contributed by atoms with Crippen molar-refractivity contribution in [3.05, 3.63) is 59.4 Å². The smallest absolute Gasteiger partial charge is 0.416 e. The van der Waals surface area contributed by atoms with Crippen LogP contribution < -0.4 is 5.73 Å². The fourth-order valence-electron chi connectivity index (χ4n) is 3.19. The van der Waals surface area contributed by atoms with E-state index in [0.29, 0.717) is 29.1 Å².